The fraction of sp³-hybridized carbons (Fsp3) is 0.333. The van der Waals surface area contributed by atoms with Gasteiger partial charge in [0.15, 0.2) is 5.76 Å². The number of Topliss-reactive ketones (excluding diaryl/α,β-unsaturated/α-hetero) is 1. The number of nitrogens with zero attached hydrogens (tertiary/aromatic N) is 2. The molecule has 2 N–H and O–H groups in total. The third-order valence-corrected chi connectivity index (χ3v) is 6.75. The SMILES string of the molecule is CNC(=O)Nc1ccc2c(c1)C(=O)/C(=C/c1c(C)n(CCN3CCOCC3)c3ccc(OC)cc13)O2. The Hall–Kier alpha value is -3.82. The molecule has 0 bridgehead atoms. The van der Waals surface area contributed by atoms with E-state index in [2.05, 4.69) is 33.1 Å². The molecule has 3 heterocycles. The van der Waals surface area contributed by atoms with Crippen LogP contribution < -0.4 is 20.1 Å². The third-order valence-electron chi connectivity index (χ3n) is 6.75. The van der Waals surface area contributed by atoms with Gasteiger partial charge in [-0.1, -0.05) is 0 Å². The second kappa shape index (κ2) is 10.0. The number of allylic oxidation sites excluding steroid dienone is 1. The van der Waals surface area contributed by atoms with Crippen LogP contribution >= 0.6 is 0 Å². The standard InChI is InChI=1S/C27H30N4O5/c1-17-20(16-25-26(32)22-14-18(29-27(33)28-2)4-7-24(22)36-25)21-15-19(34-3)5-6-23(21)31(17)9-8-30-10-12-35-13-11-30/h4-7,14-16H,8-13H2,1-3H3,(H2,28,29,33)/b25-16-. The number of hydrogen-bond donors (Lipinski definition) is 2. The fourth-order valence-electron chi connectivity index (χ4n) is 4.74. The van der Waals surface area contributed by atoms with Gasteiger partial charge in [0.1, 0.15) is 11.5 Å². The molecule has 5 rings (SSSR count). The number of morpholine rings is 1. The minimum atomic E-state index is -0.355. The second-order valence-corrected chi connectivity index (χ2v) is 8.84. The van der Waals surface area contributed by atoms with Crippen molar-refractivity contribution in [3.8, 4) is 11.5 Å². The number of ketones is 1. The van der Waals surface area contributed by atoms with Crippen LogP contribution in [-0.2, 0) is 11.3 Å². The zero-order valence-electron chi connectivity index (χ0n) is 20.7. The first-order valence-electron chi connectivity index (χ1n) is 12.0. The second-order valence-electron chi connectivity index (χ2n) is 8.84. The summed E-state index contributed by atoms with van der Waals surface area (Å²) in [7, 11) is 3.18. The van der Waals surface area contributed by atoms with E-state index in [1.54, 1.807) is 25.3 Å². The van der Waals surface area contributed by atoms with Crippen molar-refractivity contribution in [2.45, 2.75) is 13.5 Å². The maximum absolute atomic E-state index is 13.2. The Balaban J connectivity index is 1.49. The number of aromatic nitrogens is 1. The summed E-state index contributed by atoms with van der Waals surface area (Å²) in [5.74, 6) is 1.25. The summed E-state index contributed by atoms with van der Waals surface area (Å²) in [6.45, 7) is 7.19. The van der Waals surface area contributed by atoms with E-state index >= 15 is 0 Å². The summed E-state index contributed by atoms with van der Waals surface area (Å²) in [5.41, 5.74) is 3.99. The molecule has 0 saturated carbocycles. The Bertz CT molecular complexity index is 1350. The van der Waals surface area contributed by atoms with E-state index in [0.29, 0.717) is 17.0 Å². The number of benzene rings is 2. The van der Waals surface area contributed by atoms with E-state index in [4.69, 9.17) is 14.2 Å². The number of hydrogen-bond acceptors (Lipinski definition) is 6. The molecule has 0 aliphatic carbocycles. The maximum atomic E-state index is 13.2. The van der Waals surface area contributed by atoms with Gasteiger partial charge in [-0.3, -0.25) is 9.69 Å². The van der Waals surface area contributed by atoms with E-state index in [1.807, 2.05) is 18.2 Å². The van der Waals surface area contributed by atoms with Crippen LogP contribution in [0.3, 0.4) is 0 Å². The van der Waals surface area contributed by atoms with Crippen LogP contribution in [0.25, 0.3) is 17.0 Å². The molecule has 0 atom stereocenters. The largest absolute Gasteiger partial charge is 0.497 e. The van der Waals surface area contributed by atoms with Gasteiger partial charge in [-0.25, -0.2) is 4.79 Å². The summed E-state index contributed by atoms with van der Waals surface area (Å²) in [6.07, 6.45) is 1.82. The van der Waals surface area contributed by atoms with Gasteiger partial charge in [0.25, 0.3) is 0 Å². The van der Waals surface area contributed by atoms with Gasteiger partial charge in [-0.05, 0) is 49.4 Å². The number of carbonyl (C=O) groups excluding carboxylic acids is 2. The zero-order valence-corrected chi connectivity index (χ0v) is 20.7. The van der Waals surface area contributed by atoms with Gasteiger partial charge in [-0.2, -0.15) is 0 Å². The van der Waals surface area contributed by atoms with Crippen LogP contribution in [0.1, 0.15) is 21.6 Å². The number of ether oxygens (including phenoxy) is 3. The summed E-state index contributed by atoms with van der Waals surface area (Å²) in [4.78, 5) is 27.3. The Morgan fingerprint density at radius 1 is 1.14 bits per heavy atom. The number of rotatable bonds is 6. The molecule has 188 valence electrons. The number of amides is 2. The van der Waals surface area contributed by atoms with E-state index < -0.39 is 0 Å². The van der Waals surface area contributed by atoms with Crippen LogP contribution in [-0.4, -0.2) is 68.3 Å². The summed E-state index contributed by atoms with van der Waals surface area (Å²) in [6, 6.07) is 10.7. The molecular formula is C27H30N4O5. The minimum absolute atomic E-state index is 0.220. The predicted octanol–water partition coefficient (Wildman–Crippen LogP) is 3.66. The lowest BCUT2D eigenvalue weighted by atomic mass is 10.1. The molecule has 1 saturated heterocycles. The first-order valence-corrected chi connectivity index (χ1v) is 12.0. The molecule has 36 heavy (non-hydrogen) atoms. The number of urea groups is 1. The van der Waals surface area contributed by atoms with Crippen LogP contribution in [0.5, 0.6) is 11.5 Å². The van der Waals surface area contributed by atoms with E-state index in [1.165, 1.54) is 7.05 Å². The van der Waals surface area contributed by atoms with Gasteiger partial charge in [0.2, 0.25) is 5.78 Å². The highest BCUT2D eigenvalue weighted by atomic mass is 16.5. The van der Waals surface area contributed by atoms with E-state index in [0.717, 1.165) is 67.3 Å². The van der Waals surface area contributed by atoms with Crippen molar-refractivity contribution < 1.29 is 23.8 Å². The number of carbonyl (C=O) groups is 2. The molecule has 3 aromatic rings. The van der Waals surface area contributed by atoms with Crippen molar-refractivity contribution in [3.63, 3.8) is 0 Å². The quantitative estimate of drug-likeness (QED) is 0.513. The lowest BCUT2D eigenvalue weighted by molar-refractivity contribution is 0.0365. The monoisotopic (exact) mass is 490 g/mol. The summed E-state index contributed by atoms with van der Waals surface area (Å²) in [5, 5.41) is 6.19. The van der Waals surface area contributed by atoms with Gasteiger partial charge >= 0.3 is 6.03 Å². The first-order chi connectivity index (χ1) is 17.5. The van der Waals surface area contributed by atoms with Gasteiger partial charge in [0, 0.05) is 61.1 Å². The first kappa shape index (κ1) is 23.9. The van der Waals surface area contributed by atoms with Crippen molar-refractivity contribution >= 4 is 34.5 Å². The van der Waals surface area contributed by atoms with Gasteiger partial charge < -0.3 is 29.4 Å². The van der Waals surface area contributed by atoms with Gasteiger partial charge in [-0.15, -0.1) is 0 Å². The lowest BCUT2D eigenvalue weighted by Gasteiger charge is -2.27. The molecule has 9 heteroatoms. The van der Waals surface area contributed by atoms with Crippen LogP contribution in [0.15, 0.2) is 42.2 Å². The average molecular weight is 491 g/mol. The average Bonchev–Trinajstić information content (AvgIpc) is 3.35. The number of nitrogens with one attached hydrogen (secondary N) is 2. The van der Waals surface area contributed by atoms with Crippen molar-refractivity contribution in [3.05, 3.63) is 59.0 Å². The molecule has 2 aromatic carbocycles. The molecule has 2 aliphatic rings. The predicted molar refractivity (Wildman–Crippen MR) is 138 cm³/mol. The van der Waals surface area contributed by atoms with Crippen molar-refractivity contribution in [1.82, 2.24) is 14.8 Å². The molecule has 0 spiro atoms. The number of methoxy groups -OCH3 is 1. The molecule has 1 fully saturated rings. The Labute approximate surface area is 209 Å². The Morgan fingerprint density at radius 2 is 1.94 bits per heavy atom. The number of fused-ring (bicyclic) bond motifs is 2. The fourth-order valence-corrected chi connectivity index (χ4v) is 4.74. The number of anilines is 1. The third kappa shape index (κ3) is 4.55. The zero-order chi connectivity index (χ0) is 25.2. The van der Waals surface area contributed by atoms with Crippen LogP contribution in [0.4, 0.5) is 10.5 Å². The topological polar surface area (TPSA) is 94.1 Å². The van der Waals surface area contributed by atoms with Crippen molar-refractivity contribution in [1.29, 1.82) is 0 Å². The maximum Gasteiger partial charge on any atom is 0.318 e. The normalized spacial score (nSPS) is 16.8. The van der Waals surface area contributed by atoms with Crippen LogP contribution in [0, 0.1) is 6.92 Å². The summed E-state index contributed by atoms with van der Waals surface area (Å²) < 4.78 is 19.2. The Morgan fingerprint density at radius 3 is 2.69 bits per heavy atom. The highest BCUT2D eigenvalue weighted by molar-refractivity contribution is 6.16. The van der Waals surface area contributed by atoms with Crippen LogP contribution in [0.2, 0.25) is 0 Å². The van der Waals surface area contributed by atoms with E-state index in [9.17, 15) is 9.59 Å². The van der Waals surface area contributed by atoms with Gasteiger partial charge in [0.05, 0.1) is 25.9 Å². The molecule has 0 unspecified atom stereocenters. The molecule has 2 amide bonds. The minimum Gasteiger partial charge on any atom is -0.497 e. The Kier molecular flexibility index (Phi) is 6.67. The molecule has 1 aromatic heterocycles. The smallest absolute Gasteiger partial charge is 0.318 e. The lowest BCUT2D eigenvalue weighted by Crippen LogP contribution is -2.38. The highest BCUT2D eigenvalue weighted by Crippen LogP contribution is 2.36. The van der Waals surface area contributed by atoms with E-state index in [-0.39, 0.29) is 17.6 Å². The van der Waals surface area contributed by atoms with Crippen molar-refractivity contribution in [2.75, 3.05) is 52.3 Å². The highest BCUT2D eigenvalue weighted by Gasteiger charge is 2.29. The molecule has 2 aliphatic heterocycles. The summed E-state index contributed by atoms with van der Waals surface area (Å²) >= 11 is 0. The molecule has 9 nitrogen and oxygen atoms in total. The molecule has 0 radical (unpaired) electrons. The molecular weight excluding hydrogens is 460 g/mol. The van der Waals surface area contributed by atoms with Crippen molar-refractivity contribution in [2.24, 2.45) is 0 Å².